The van der Waals surface area contributed by atoms with Crippen LogP contribution in [-0.2, 0) is 4.74 Å². The molecule has 0 aliphatic carbocycles. The highest BCUT2D eigenvalue weighted by molar-refractivity contribution is 5.79. The molecule has 4 saturated heterocycles. The molecule has 0 radical (unpaired) electrons. The summed E-state index contributed by atoms with van der Waals surface area (Å²) < 4.78 is 5.17. The number of ether oxygens (including phenoxy) is 1. The van der Waals surface area contributed by atoms with Crippen LogP contribution in [0.1, 0.15) is 93.9 Å². The summed E-state index contributed by atoms with van der Waals surface area (Å²) in [5.74, 6) is 0. The summed E-state index contributed by atoms with van der Waals surface area (Å²) in [7, 11) is 0. The van der Waals surface area contributed by atoms with Gasteiger partial charge >= 0.3 is 0 Å². The minimum atomic E-state index is 0.816. The second-order valence-corrected chi connectivity index (χ2v) is 10.7. The molecule has 37 heavy (non-hydrogen) atoms. The van der Waals surface area contributed by atoms with Gasteiger partial charge in [0.15, 0.2) is 0 Å². The van der Waals surface area contributed by atoms with E-state index < -0.39 is 0 Å². The Bertz CT molecular complexity index is 664. The topological polar surface area (TPSA) is 71.6 Å². The predicted octanol–water partition coefficient (Wildman–Crippen LogP) is 5.15. The lowest BCUT2D eigenvalue weighted by Gasteiger charge is -2.27. The van der Waals surface area contributed by atoms with Crippen molar-refractivity contribution in [3.8, 4) is 0 Å². The molecular formula is C28H56N8O. The molecule has 0 aromatic carbocycles. The molecule has 0 spiro atoms. The van der Waals surface area contributed by atoms with Crippen molar-refractivity contribution in [2.24, 2.45) is 20.4 Å². The Kier molecular flexibility index (Phi) is 17.7. The van der Waals surface area contributed by atoms with Crippen LogP contribution in [0.25, 0.3) is 0 Å². The lowest BCUT2D eigenvalue weighted by molar-refractivity contribution is 0.0393. The molecule has 214 valence electrons. The summed E-state index contributed by atoms with van der Waals surface area (Å²) in [6, 6.07) is 0. The predicted molar refractivity (Wildman–Crippen MR) is 160 cm³/mol. The first-order valence-corrected chi connectivity index (χ1v) is 14.3. The van der Waals surface area contributed by atoms with E-state index in [1.807, 2.05) is 41.5 Å². The van der Waals surface area contributed by atoms with Gasteiger partial charge in [-0.15, -0.1) is 0 Å². The zero-order valence-corrected chi connectivity index (χ0v) is 25.3. The van der Waals surface area contributed by atoms with Crippen LogP contribution >= 0.6 is 0 Å². The number of rotatable bonds is 4. The Morgan fingerprint density at radius 3 is 0.919 bits per heavy atom. The van der Waals surface area contributed by atoms with Gasteiger partial charge in [0.1, 0.15) is 0 Å². The molecule has 0 bridgehead atoms. The monoisotopic (exact) mass is 520 g/mol. The van der Waals surface area contributed by atoms with E-state index in [1.165, 1.54) is 44.2 Å². The smallest absolute Gasteiger partial charge is 0.0659 e. The summed E-state index contributed by atoms with van der Waals surface area (Å²) in [6.45, 7) is 26.7. The third-order valence-electron chi connectivity index (χ3n) is 5.60. The number of nitrogens with zero attached hydrogens (tertiary/aromatic N) is 8. The molecule has 9 nitrogen and oxygen atoms in total. The van der Waals surface area contributed by atoms with Crippen LogP contribution in [0.5, 0.6) is 0 Å². The Labute approximate surface area is 227 Å². The van der Waals surface area contributed by atoms with Crippen molar-refractivity contribution in [1.82, 2.24) is 20.0 Å². The summed E-state index contributed by atoms with van der Waals surface area (Å²) in [6.07, 6.45) is 7.96. The maximum atomic E-state index is 5.17. The Hall–Kier alpha value is -2.16. The summed E-state index contributed by atoms with van der Waals surface area (Å²) in [4.78, 5) is 0. The minimum Gasteiger partial charge on any atom is -0.378 e. The largest absolute Gasteiger partial charge is 0.378 e. The Morgan fingerprint density at radius 1 is 0.378 bits per heavy atom. The normalized spacial score (nSPS) is 18.4. The lowest BCUT2D eigenvalue weighted by Crippen LogP contribution is -2.32. The van der Waals surface area contributed by atoms with E-state index in [1.54, 1.807) is 0 Å². The van der Waals surface area contributed by atoms with E-state index >= 15 is 0 Å². The molecular weight excluding hydrogens is 464 g/mol. The number of hydrazone groups is 4. The second kappa shape index (κ2) is 19.9. The molecule has 0 aromatic rings. The molecule has 0 N–H and O–H groups in total. The van der Waals surface area contributed by atoms with Crippen LogP contribution in [-0.4, -0.2) is 108 Å². The molecule has 4 aliphatic heterocycles. The fourth-order valence-electron chi connectivity index (χ4n) is 3.96. The molecule has 0 amide bonds. The van der Waals surface area contributed by atoms with Crippen molar-refractivity contribution < 1.29 is 4.74 Å². The first-order chi connectivity index (χ1) is 17.7. The second-order valence-electron chi connectivity index (χ2n) is 10.7. The first-order valence-electron chi connectivity index (χ1n) is 14.3. The number of hydrogen-bond donors (Lipinski definition) is 0. The summed E-state index contributed by atoms with van der Waals surface area (Å²) >= 11 is 0. The highest BCUT2D eigenvalue weighted by Crippen LogP contribution is 2.09. The van der Waals surface area contributed by atoms with Gasteiger partial charge in [0.05, 0.1) is 26.3 Å². The molecule has 0 aromatic heterocycles. The molecule has 4 aliphatic rings. The lowest BCUT2D eigenvalue weighted by atomic mass is 10.2. The van der Waals surface area contributed by atoms with Gasteiger partial charge in [0, 0.05) is 62.1 Å². The Morgan fingerprint density at radius 2 is 0.649 bits per heavy atom. The van der Waals surface area contributed by atoms with Crippen LogP contribution in [0, 0.1) is 0 Å². The number of hydrogen-bond acceptors (Lipinski definition) is 9. The van der Waals surface area contributed by atoms with Crippen molar-refractivity contribution in [3.63, 3.8) is 0 Å². The zero-order valence-electron chi connectivity index (χ0n) is 25.3. The van der Waals surface area contributed by atoms with Gasteiger partial charge in [-0.2, -0.15) is 20.4 Å². The summed E-state index contributed by atoms with van der Waals surface area (Å²) in [5, 5.41) is 25.7. The zero-order chi connectivity index (χ0) is 27.5. The van der Waals surface area contributed by atoms with Crippen LogP contribution < -0.4 is 0 Å². The van der Waals surface area contributed by atoms with Crippen molar-refractivity contribution in [1.29, 1.82) is 0 Å². The number of morpholine rings is 1. The van der Waals surface area contributed by atoms with E-state index in [-0.39, 0.29) is 0 Å². The highest BCUT2D eigenvalue weighted by atomic mass is 16.5. The van der Waals surface area contributed by atoms with Crippen molar-refractivity contribution in [3.05, 3.63) is 0 Å². The van der Waals surface area contributed by atoms with Gasteiger partial charge < -0.3 is 4.74 Å². The van der Waals surface area contributed by atoms with Gasteiger partial charge in [-0.3, -0.25) is 20.0 Å². The van der Waals surface area contributed by atoms with Gasteiger partial charge in [-0.1, -0.05) is 0 Å². The molecule has 4 heterocycles. The van der Waals surface area contributed by atoms with Crippen molar-refractivity contribution >= 4 is 22.8 Å². The van der Waals surface area contributed by atoms with E-state index in [0.29, 0.717) is 0 Å². The van der Waals surface area contributed by atoms with E-state index in [4.69, 9.17) is 4.74 Å². The SMILES string of the molecule is CC(C)=NN1CCC1.CC(C)=NN1CCCC1.CC(C)=NN1CCCCC1.CC(C)=NN1CCOCC1. The standard InChI is InChI=1S/C8H16N2.C7H14N2O.C7H14N2.C6H12N2/c1-8(2)9-10-6-4-3-5-7-10;1-7(2)8-9-3-5-10-6-4-9;1-7(2)8-9-5-3-4-6-9;1-6(2)7-8-4-3-5-8/h3-7H2,1-2H3;3-6H2,1-2H3;3-6H2,1-2H3;3-5H2,1-2H3. The Balaban J connectivity index is 0.000000248. The average Bonchev–Trinajstić information content (AvgIpc) is 3.31. The molecule has 9 heteroatoms. The third kappa shape index (κ3) is 18.7. The first kappa shape index (κ1) is 32.9. The van der Waals surface area contributed by atoms with E-state index in [2.05, 4.69) is 54.3 Å². The van der Waals surface area contributed by atoms with Crippen LogP contribution in [0.4, 0.5) is 0 Å². The summed E-state index contributed by atoms with van der Waals surface area (Å²) in [5.41, 5.74) is 4.60. The maximum absolute atomic E-state index is 5.17. The van der Waals surface area contributed by atoms with E-state index in [9.17, 15) is 0 Å². The molecule has 4 rings (SSSR count). The van der Waals surface area contributed by atoms with Crippen LogP contribution in [0.15, 0.2) is 20.4 Å². The fraction of sp³-hybridized carbons (Fsp3) is 0.857. The van der Waals surface area contributed by atoms with Crippen molar-refractivity contribution in [2.75, 3.05) is 65.6 Å². The van der Waals surface area contributed by atoms with Crippen molar-refractivity contribution in [2.45, 2.75) is 93.9 Å². The molecule has 0 unspecified atom stereocenters. The average molecular weight is 521 g/mol. The third-order valence-corrected chi connectivity index (χ3v) is 5.60. The quantitative estimate of drug-likeness (QED) is 0.480. The van der Waals surface area contributed by atoms with E-state index in [0.717, 1.165) is 82.7 Å². The van der Waals surface area contributed by atoms with Gasteiger partial charge in [0.25, 0.3) is 0 Å². The van der Waals surface area contributed by atoms with Gasteiger partial charge in [0.2, 0.25) is 0 Å². The molecule has 0 saturated carbocycles. The number of piperidine rings is 1. The highest BCUT2D eigenvalue weighted by Gasteiger charge is 2.09. The minimum absolute atomic E-state index is 0.816. The van der Waals surface area contributed by atoms with Crippen LogP contribution in [0.3, 0.4) is 0 Å². The van der Waals surface area contributed by atoms with Gasteiger partial charge in [-0.25, -0.2) is 0 Å². The molecule has 4 fully saturated rings. The molecule has 0 atom stereocenters. The fourth-order valence-corrected chi connectivity index (χ4v) is 3.96. The van der Waals surface area contributed by atoms with Crippen LogP contribution in [0.2, 0.25) is 0 Å². The van der Waals surface area contributed by atoms with Gasteiger partial charge in [-0.05, 0) is 93.9 Å². The maximum Gasteiger partial charge on any atom is 0.0659 e.